The van der Waals surface area contributed by atoms with Gasteiger partial charge in [-0.1, -0.05) is 12.1 Å². The zero-order valence-corrected chi connectivity index (χ0v) is 12.4. The van der Waals surface area contributed by atoms with E-state index >= 15 is 0 Å². The van der Waals surface area contributed by atoms with Gasteiger partial charge in [0.25, 0.3) is 5.91 Å². The fourth-order valence-electron chi connectivity index (χ4n) is 1.98. The number of aromatic hydroxyl groups is 1. The van der Waals surface area contributed by atoms with Gasteiger partial charge < -0.3 is 15.2 Å². The van der Waals surface area contributed by atoms with Crippen molar-refractivity contribution in [2.45, 2.75) is 20.8 Å². The van der Waals surface area contributed by atoms with Gasteiger partial charge in [0.05, 0.1) is 0 Å². The van der Waals surface area contributed by atoms with Crippen LogP contribution in [0.2, 0.25) is 0 Å². The van der Waals surface area contributed by atoms with Crippen LogP contribution in [0.4, 0.5) is 5.69 Å². The predicted molar refractivity (Wildman–Crippen MR) is 82.9 cm³/mol. The number of phenolic OH excluding ortho intramolecular Hbond substituents is 1. The Kier molecular flexibility index (Phi) is 4.48. The van der Waals surface area contributed by atoms with Crippen LogP contribution in [-0.2, 0) is 4.79 Å². The molecular formula is C17H19NO3. The van der Waals surface area contributed by atoms with E-state index in [2.05, 4.69) is 5.32 Å². The zero-order valence-electron chi connectivity index (χ0n) is 12.4. The molecular weight excluding hydrogens is 266 g/mol. The van der Waals surface area contributed by atoms with Crippen molar-refractivity contribution in [1.29, 1.82) is 0 Å². The van der Waals surface area contributed by atoms with E-state index in [0.29, 0.717) is 11.4 Å². The molecule has 0 aliphatic heterocycles. The van der Waals surface area contributed by atoms with E-state index in [1.54, 1.807) is 12.1 Å². The lowest BCUT2D eigenvalue weighted by Gasteiger charge is -2.11. The van der Waals surface area contributed by atoms with E-state index in [-0.39, 0.29) is 18.3 Å². The molecule has 0 aromatic heterocycles. The highest BCUT2D eigenvalue weighted by Crippen LogP contribution is 2.21. The molecule has 0 atom stereocenters. The number of aryl methyl sites for hydroxylation is 3. The lowest BCUT2D eigenvalue weighted by Crippen LogP contribution is -2.20. The molecule has 0 spiro atoms. The Labute approximate surface area is 124 Å². The number of phenols is 1. The van der Waals surface area contributed by atoms with E-state index < -0.39 is 0 Å². The number of benzene rings is 2. The van der Waals surface area contributed by atoms with Crippen molar-refractivity contribution in [3.63, 3.8) is 0 Å². The SMILES string of the molecule is Cc1ccc(C)c(OCC(=O)Nc2ccc(O)cc2C)c1. The summed E-state index contributed by atoms with van der Waals surface area (Å²) in [6, 6.07) is 10.7. The number of anilines is 1. The maximum absolute atomic E-state index is 11.9. The van der Waals surface area contributed by atoms with Crippen LogP contribution in [0, 0.1) is 20.8 Å². The van der Waals surface area contributed by atoms with Gasteiger partial charge in [0, 0.05) is 5.69 Å². The first-order valence-electron chi connectivity index (χ1n) is 6.75. The van der Waals surface area contributed by atoms with Crippen molar-refractivity contribution in [3.8, 4) is 11.5 Å². The van der Waals surface area contributed by atoms with Gasteiger partial charge in [0.15, 0.2) is 6.61 Å². The van der Waals surface area contributed by atoms with Gasteiger partial charge in [0.1, 0.15) is 11.5 Å². The van der Waals surface area contributed by atoms with E-state index in [1.165, 1.54) is 6.07 Å². The number of amides is 1. The number of carbonyl (C=O) groups excluding carboxylic acids is 1. The molecule has 0 saturated heterocycles. The van der Waals surface area contributed by atoms with Crippen molar-refractivity contribution >= 4 is 11.6 Å². The molecule has 0 saturated carbocycles. The van der Waals surface area contributed by atoms with E-state index in [0.717, 1.165) is 16.7 Å². The first-order chi connectivity index (χ1) is 9.95. The quantitative estimate of drug-likeness (QED) is 0.847. The fourth-order valence-corrected chi connectivity index (χ4v) is 1.98. The van der Waals surface area contributed by atoms with Crippen LogP contribution in [0.15, 0.2) is 36.4 Å². The van der Waals surface area contributed by atoms with Crippen LogP contribution in [0.3, 0.4) is 0 Å². The van der Waals surface area contributed by atoms with Crippen LogP contribution >= 0.6 is 0 Å². The third-order valence-corrected chi connectivity index (χ3v) is 3.19. The number of carbonyl (C=O) groups is 1. The number of hydrogen-bond donors (Lipinski definition) is 2. The standard InChI is InChI=1S/C17H19NO3/c1-11-4-5-12(2)16(8-11)21-10-17(20)18-15-7-6-14(19)9-13(15)3/h4-9,19H,10H2,1-3H3,(H,18,20). The van der Waals surface area contributed by atoms with Gasteiger partial charge in [0.2, 0.25) is 0 Å². The largest absolute Gasteiger partial charge is 0.508 e. The van der Waals surface area contributed by atoms with Gasteiger partial charge in [-0.15, -0.1) is 0 Å². The Balaban J connectivity index is 1.97. The molecule has 0 bridgehead atoms. The second-order valence-electron chi connectivity index (χ2n) is 5.11. The number of nitrogens with one attached hydrogen (secondary N) is 1. The molecule has 0 heterocycles. The van der Waals surface area contributed by atoms with Crippen LogP contribution in [0.25, 0.3) is 0 Å². The zero-order chi connectivity index (χ0) is 15.4. The smallest absolute Gasteiger partial charge is 0.262 e. The van der Waals surface area contributed by atoms with Crippen LogP contribution < -0.4 is 10.1 Å². The molecule has 2 rings (SSSR count). The highest BCUT2D eigenvalue weighted by Gasteiger charge is 2.07. The number of hydrogen-bond acceptors (Lipinski definition) is 3. The van der Waals surface area contributed by atoms with Gasteiger partial charge in [-0.3, -0.25) is 4.79 Å². The Morgan fingerprint density at radius 1 is 1.10 bits per heavy atom. The highest BCUT2D eigenvalue weighted by atomic mass is 16.5. The summed E-state index contributed by atoms with van der Waals surface area (Å²) in [5.41, 5.74) is 3.55. The highest BCUT2D eigenvalue weighted by molar-refractivity contribution is 5.92. The van der Waals surface area contributed by atoms with Crippen LogP contribution in [0.5, 0.6) is 11.5 Å². The molecule has 0 radical (unpaired) electrons. The summed E-state index contributed by atoms with van der Waals surface area (Å²) in [5.74, 6) is 0.661. The lowest BCUT2D eigenvalue weighted by molar-refractivity contribution is -0.118. The minimum atomic E-state index is -0.232. The summed E-state index contributed by atoms with van der Waals surface area (Å²) in [4.78, 5) is 11.9. The summed E-state index contributed by atoms with van der Waals surface area (Å²) in [5, 5.41) is 12.1. The molecule has 4 heteroatoms. The van der Waals surface area contributed by atoms with Crippen molar-refractivity contribution in [2.75, 3.05) is 11.9 Å². The number of rotatable bonds is 4. The molecule has 0 unspecified atom stereocenters. The van der Waals surface area contributed by atoms with E-state index in [4.69, 9.17) is 4.74 Å². The minimum absolute atomic E-state index is 0.0510. The Morgan fingerprint density at radius 3 is 2.57 bits per heavy atom. The number of ether oxygens (including phenoxy) is 1. The Hall–Kier alpha value is -2.49. The molecule has 2 N–H and O–H groups in total. The Morgan fingerprint density at radius 2 is 1.86 bits per heavy atom. The van der Waals surface area contributed by atoms with Gasteiger partial charge >= 0.3 is 0 Å². The van der Waals surface area contributed by atoms with E-state index in [9.17, 15) is 9.90 Å². The molecule has 2 aromatic rings. The third kappa shape index (κ3) is 3.99. The van der Waals surface area contributed by atoms with Crippen molar-refractivity contribution in [2.24, 2.45) is 0 Å². The summed E-state index contributed by atoms with van der Waals surface area (Å²) in [6.07, 6.45) is 0. The molecule has 110 valence electrons. The van der Waals surface area contributed by atoms with E-state index in [1.807, 2.05) is 39.0 Å². The third-order valence-electron chi connectivity index (χ3n) is 3.19. The summed E-state index contributed by atoms with van der Waals surface area (Å²) in [6.45, 7) is 5.69. The topological polar surface area (TPSA) is 58.6 Å². The lowest BCUT2D eigenvalue weighted by atomic mass is 10.1. The average molecular weight is 285 g/mol. The van der Waals surface area contributed by atoms with Gasteiger partial charge in [-0.25, -0.2) is 0 Å². The molecule has 1 amide bonds. The monoisotopic (exact) mass is 285 g/mol. The first kappa shape index (κ1) is 14.9. The molecule has 2 aromatic carbocycles. The second-order valence-corrected chi connectivity index (χ2v) is 5.11. The van der Waals surface area contributed by atoms with Crippen molar-refractivity contribution in [1.82, 2.24) is 0 Å². The van der Waals surface area contributed by atoms with Gasteiger partial charge in [-0.05, 0) is 61.7 Å². The van der Waals surface area contributed by atoms with Gasteiger partial charge in [-0.2, -0.15) is 0 Å². The molecule has 0 aliphatic rings. The van der Waals surface area contributed by atoms with Crippen molar-refractivity contribution in [3.05, 3.63) is 53.1 Å². The average Bonchev–Trinajstić information content (AvgIpc) is 2.43. The minimum Gasteiger partial charge on any atom is -0.508 e. The summed E-state index contributed by atoms with van der Waals surface area (Å²) in [7, 11) is 0. The van der Waals surface area contributed by atoms with Crippen molar-refractivity contribution < 1.29 is 14.6 Å². The van der Waals surface area contributed by atoms with Crippen LogP contribution in [-0.4, -0.2) is 17.6 Å². The molecule has 21 heavy (non-hydrogen) atoms. The second kappa shape index (κ2) is 6.31. The fraction of sp³-hybridized carbons (Fsp3) is 0.235. The maximum atomic E-state index is 11.9. The molecule has 0 fully saturated rings. The first-order valence-corrected chi connectivity index (χ1v) is 6.75. The Bertz CT molecular complexity index is 665. The predicted octanol–water partition coefficient (Wildman–Crippen LogP) is 3.33. The summed E-state index contributed by atoms with van der Waals surface area (Å²) < 4.78 is 5.55. The molecule has 0 aliphatic carbocycles. The maximum Gasteiger partial charge on any atom is 0.262 e. The normalized spacial score (nSPS) is 10.2. The molecule has 4 nitrogen and oxygen atoms in total. The summed E-state index contributed by atoms with van der Waals surface area (Å²) >= 11 is 0. The van der Waals surface area contributed by atoms with Crippen LogP contribution in [0.1, 0.15) is 16.7 Å².